The molecule has 76 valence electrons. The van der Waals surface area contributed by atoms with Gasteiger partial charge in [0.1, 0.15) is 0 Å². The van der Waals surface area contributed by atoms with Crippen molar-refractivity contribution < 1.29 is 9.53 Å². The molecule has 1 aromatic heterocycles. The highest BCUT2D eigenvalue weighted by molar-refractivity contribution is 5.82. The number of pyridine rings is 1. The maximum atomic E-state index is 10.9. The standard InChI is InChI=1S/C12H11NO2/c1-2-15-12(14)8-4-3-6-11-7-5-9-13-10-11/h4-5,7-10H,2H2,1H3. The summed E-state index contributed by atoms with van der Waals surface area (Å²) < 4.78 is 4.69. The second-order valence-corrected chi connectivity index (χ2v) is 2.60. The van der Waals surface area contributed by atoms with E-state index in [0.717, 1.165) is 5.56 Å². The third kappa shape index (κ3) is 4.63. The predicted octanol–water partition coefficient (Wildman–Crippen LogP) is 1.55. The van der Waals surface area contributed by atoms with Crippen molar-refractivity contribution in [2.24, 2.45) is 0 Å². The lowest BCUT2D eigenvalue weighted by Crippen LogP contribution is -1.98. The number of hydrogen-bond donors (Lipinski definition) is 0. The number of hydrogen-bond acceptors (Lipinski definition) is 3. The molecule has 0 aliphatic heterocycles. The summed E-state index contributed by atoms with van der Waals surface area (Å²) in [4.78, 5) is 14.8. The Morgan fingerprint density at radius 2 is 2.53 bits per heavy atom. The monoisotopic (exact) mass is 201 g/mol. The molecule has 0 N–H and O–H groups in total. The minimum Gasteiger partial charge on any atom is -0.463 e. The highest BCUT2D eigenvalue weighted by Gasteiger charge is 1.90. The van der Waals surface area contributed by atoms with Gasteiger partial charge in [-0.2, -0.15) is 0 Å². The third-order valence-electron chi connectivity index (χ3n) is 1.47. The van der Waals surface area contributed by atoms with Crippen LogP contribution in [0.15, 0.2) is 36.7 Å². The van der Waals surface area contributed by atoms with E-state index in [1.165, 1.54) is 12.2 Å². The van der Waals surface area contributed by atoms with Crippen LogP contribution in [0.5, 0.6) is 0 Å². The van der Waals surface area contributed by atoms with Crippen LogP contribution in [0.25, 0.3) is 0 Å². The van der Waals surface area contributed by atoms with Crippen LogP contribution in [-0.4, -0.2) is 17.6 Å². The summed E-state index contributed by atoms with van der Waals surface area (Å²) in [5.41, 5.74) is 0.811. The summed E-state index contributed by atoms with van der Waals surface area (Å²) in [6.07, 6.45) is 6.10. The molecular formula is C12H11NO2. The highest BCUT2D eigenvalue weighted by Crippen LogP contribution is 1.91. The molecule has 0 fully saturated rings. The predicted molar refractivity (Wildman–Crippen MR) is 56.9 cm³/mol. The second-order valence-electron chi connectivity index (χ2n) is 2.60. The first kappa shape index (κ1) is 11.0. The van der Waals surface area contributed by atoms with E-state index in [-0.39, 0.29) is 5.97 Å². The number of rotatable bonds is 2. The lowest BCUT2D eigenvalue weighted by Gasteiger charge is -1.91. The number of carbonyl (C=O) groups is 1. The van der Waals surface area contributed by atoms with Gasteiger partial charge in [-0.15, -0.1) is 0 Å². The van der Waals surface area contributed by atoms with Crippen LogP contribution in [-0.2, 0) is 9.53 Å². The van der Waals surface area contributed by atoms with Gasteiger partial charge in [0.25, 0.3) is 0 Å². The van der Waals surface area contributed by atoms with E-state index in [2.05, 4.69) is 21.6 Å². The summed E-state index contributed by atoms with van der Waals surface area (Å²) in [5, 5.41) is 0. The van der Waals surface area contributed by atoms with E-state index in [0.29, 0.717) is 6.61 Å². The molecule has 0 bridgehead atoms. The maximum absolute atomic E-state index is 10.9. The molecule has 1 aromatic rings. The first-order chi connectivity index (χ1) is 7.33. The molecule has 0 aliphatic rings. The summed E-state index contributed by atoms with van der Waals surface area (Å²) in [6, 6.07) is 3.65. The van der Waals surface area contributed by atoms with Gasteiger partial charge >= 0.3 is 5.97 Å². The first-order valence-electron chi connectivity index (χ1n) is 4.58. The summed E-state index contributed by atoms with van der Waals surface area (Å²) in [6.45, 7) is 2.13. The highest BCUT2D eigenvalue weighted by atomic mass is 16.5. The Hall–Kier alpha value is -2.08. The molecule has 3 nitrogen and oxygen atoms in total. The Morgan fingerprint density at radius 1 is 1.67 bits per heavy atom. The number of ether oxygens (including phenoxy) is 1. The number of aromatic nitrogens is 1. The van der Waals surface area contributed by atoms with Gasteiger partial charge in [0.15, 0.2) is 0 Å². The average Bonchev–Trinajstić information content (AvgIpc) is 2.26. The zero-order chi connectivity index (χ0) is 10.9. The number of esters is 1. The van der Waals surface area contributed by atoms with E-state index in [4.69, 9.17) is 0 Å². The molecule has 1 heterocycles. The molecule has 1 rings (SSSR count). The van der Waals surface area contributed by atoms with Gasteiger partial charge in [0, 0.05) is 24.0 Å². The van der Waals surface area contributed by atoms with Crippen LogP contribution in [0.2, 0.25) is 0 Å². The topological polar surface area (TPSA) is 39.2 Å². The lowest BCUT2D eigenvalue weighted by molar-refractivity contribution is -0.137. The Bertz CT molecular complexity index is 399. The van der Waals surface area contributed by atoms with Crippen LogP contribution < -0.4 is 0 Å². The zero-order valence-electron chi connectivity index (χ0n) is 8.43. The van der Waals surface area contributed by atoms with Crippen LogP contribution in [0.4, 0.5) is 0 Å². The van der Waals surface area contributed by atoms with Crippen LogP contribution >= 0.6 is 0 Å². The van der Waals surface area contributed by atoms with Crippen molar-refractivity contribution in [2.45, 2.75) is 6.92 Å². The Balaban J connectivity index is 2.50. The van der Waals surface area contributed by atoms with E-state index in [1.54, 1.807) is 25.4 Å². The van der Waals surface area contributed by atoms with Crippen molar-refractivity contribution in [3.8, 4) is 11.8 Å². The maximum Gasteiger partial charge on any atom is 0.331 e. The smallest absolute Gasteiger partial charge is 0.331 e. The van der Waals surface area contributed by atoms with Crippen molar-refractivity contribution in [1.29, 1.82) is 0 Å². The molecule has 0 saturated heterocycles. The molecule has 0 amide bonds. The molecular weight excluding hydrogens is 190 g/mol. The second kappa shape index (κ2) is 6.39. The van der Waals surface area contributed by atoms with Crippen molar-refractivity contribution in [1.82, 2.24) is 4.98 Å². The van der Waals surface area contributed by atoms with E-state index in [9.17, 15) is 4.79 Å². The van der Waals surface area contributed by atoms with E-state index >= 15 is 0 Å². The molecule has 0 atom stereocenters. The average molecular weight is 201 g/mol. The van der Waals surface area contributed by atoms with Gasteiger partial charge in [0.05, 0.1) is 6.61 Å². The minimum atomic E-state index is -0.377. The quantitative estimate of drug-likeness (QED) is 0.414. The largest absolute Gasteiger partial charge is 0.463 e. The molecule has 0 spiro atoms. The molecule has 0 aliphatic carbocycles. The van der Waals surface area contributed by atoms with Gasteiger partial charge in [-0.05, 0) is 25.1 Å². The van der Waals surface area contributed by atoms with Gasteiger partial charge in [-0.25, -0.2) is 4.79 Å². The van der Waals surface area contributed by atoms with Gasteiger partial charge < -0.3 is 4.74 Å². The van der Waals surface area contributed by atoms with E-state index in [1.807, 2.05) is 6.07 Å². The normalized spacial score (nSPS) is 9.40. The van der Waals surface area contributed by atoms with Crippen molar-refractivity contribution in [2.75, 3.05) is 6.61 Å². The van der Waals surface area contributed by atoms with Crippen molar-refractivity contribution >= 4 is 5.97 Å². The fraction of sp³-hybridized carbons (Fsp3) is 0.167. The molecule has 15 heavy (non-hydrogen) atoms. The van der Waals surface area contributed by atoms with Crippen molar-refractivity contribution in [3.63, 3.8) is 0 Å². The number of nitrogens with zero attached hydrogens (tertiary/aromatic N) is 1. The molecule has 0 radical (unpaired) electrons. The first-order valence-corrected chi connectivity index (χ1v) is 4.58. The SMILES string of the molecule is CCOC(=O)C=CC#Cc1cccnc1. The minimum absolute atomic E-state index is 0.374. The fourth-order valence-corrected chi connectivity index (χ4v) is 0.862. The molecule has 3 heteroatoms. The Kier molecular flexibility index (Phi) is 4.68. The fourth-order valence-electron chi connectivity index (χ4n) is 0.862. The summed E-state index contributed by atoms with van der Waals surface area (Å²) in [7, 11) is 0. The lowest BCUT2D eigenvalue weighted by atomic mass is 10.3. The van der Waals surface area contributed by atoms with Gasteiger partial charge in [0.2, 0.25) is 0 Å². The van der Waals surface area contributed by atoms with Gasteiger partial charge in [-0.1, -0.05) is 11.8 Å². The van der Waals surface area contributed by atoms with Crippen LogP contribution in [0.1, 0.15) is 12.5 Å². The number of carbonyl (C=O) groups excluding carboxylic acids is 1. The molecule has 0 unspecified atom stereocenters. The summed E-state index contributed by atoms with van der Waals surface area (Å²) >= 11 is 0. The van der Waals surface area contributed by atoms with Crippen LogP contribution in [0.3, 0.4) is 0 Å². The molecule has 0 saturated carbocycles. The van der Waals surface area contributed by atoms with Gasteiger partial charge in [-0.3, -0.25) is 4.98 Å². The molecule has 0 aromatic carbocycles. The van der Waals surface area contributed by atoms with Crippen molar-refractivity contribution in [3.05, 3.63) is 42.2 Å². The summed E-state index contributed by atoms with van der Waals surface area (Å²) in [5.74, 6) is 5.18. The number of allylic oxidation sites excluding steroid dienone is 1. The van der Waals surface area contributed by atoms with E-state index < -0.39 is 0 Å². The Labute approximate surface area is 88.8 Å². The Morgan fingerprint density at radius 3 is 3.20 bits per heavy atom. The van der Waals surface area contributed by atoms with Crippen LogP contribution in [0, 0.1) is 11.8 Å². The third-order valence-corrected chi connectivity index (χ3v) is 1.47. The zero-order valence-corrected chi connectivity index (χ0v) is 8.43.